The maximum absolute atomic E-state index is 13.1. The van der Waals surface area contributed by atoms with Crippen LogP contribution in [-0.4, -0.2) is 29.9 Å². The lowest BCUT2D eigenvalue weighted by Gasteiger charge is -2.07. The summed E-state index contributed by atoms with van der Waals surface area (Å²) < 4.78 is 13.1. The van der Waals surface area contributed by atoms with E-state index in [2.05, 4.69) is 15.6 Å². The third kappa shape index (κ3) is 4.58. The van der Waals surface area contributed by atoms with Crippen molar-refractivity contribution in [1.29, 1.82) is 0 Å². The minimum absolute atomic E-state index is 0.0544. The predicted molar refractivity (Wildman–Crippen MR) is 100 cm³/mol. The van der Waals surface area contributed by atoms with Gasteiger partial charge in [-0.05, 0) is 36.2 Å². The van der Waals surface area contributed by atoms with E-state index < -0.39 is 17.2 Å². The summed E-state index contributed by atoms with van der Waals surface area (Å²) in [6, 6.07) is 13.0. The number of amides is 2. The van der Waals surface area contributed by atoms with Gasteiger partial charge in [-0.3, -0.25) is 14.4 Å². The molecule has 0 saturated carbocycles. The van der Waals surface area contributed by atoms with Crippen molar-refractivity contribution in [3.8, 4) is 0 Å². The molecule has 2 amide bonds. The molecule has 0 aliphatic carbocycles. The van der Waals surface area contributed by atoms with Gasteiger partial charge in [-0.15, -0.1) is 0 Å². The lowest BCUT2D eigenvalue weighted by molar-refractivity contribution is -0.120. The van der Waals surface area contributed by atoms with Crippen LogP contribution in [0, 0.1) is 5.82 Å². The largest absolute Gasteiger partial charge is 0.360 e. The number of hydrogen-bond donors (Lipinski definition) is 3. The summed E-state index contributed by atoms with van der Waals surface area (Å²) in [5.41, 5.74) is 0.950. The zero-order valence-corrected chi connectivity index (χ0v) is 14.4. The molecule has 0 unspecified atom stereocenters. The number of benzene rings is 2. The van der Waals surface area contributed by atoms with Crippen LogP contribution in [0.25, 0.3) is 10.9 Å². The Labute approximate surface area is 154 Å². The number of aromatic nitrogens is 1. The molecule has 7 heteroatoms. The number of halogens is 1. The predicted octanol–water partition coefficient (Wildman–Crippen LogP) is 1.76. The molecule has 0 saturated heterocycles. The second-order valence-electron chi connectivity index (χ2n) is 5.99. The van der Waals surface area contributed by atoms with Crippen molar-refractivity contribution in [2.75, 3.05) is 13.1 Å². The molecule has 1 aromatic heterocycles. The van der Waals surface area contributed by atoms with Crippen LogP contribution in [0.1, 0.15) is 15.9 Å². The van der Waals surface area contributed by atoms with Gasteiger partial charge >= 0.3 is 0 Å². The lowest BCUT2D eigenvalue weighted by Crippen LogP contribution is -2.39. The van der Waals surface area contributed by atoms with E-state index in [-0.39, 0.29) is 17.9 Å². The van der Waals surface area contributed by atoms with Crippen LogP contribution in [0.5, 0.6) is 0 Å². The van der Waals surface area contributed by atoms with Crippen molar-refractivity contribution in [2.45, 2.75) is 6.42 Å². The van der Waals surface area contributed by atoms with E-state index >= 15 is 0 Å². The van der Waals surface area contributed by atoms with Crippen LogP contribution in [0.2, 0.25) is 0 Å². The van der Waals surface area contributed by atoms with E-state index in [1.54, 1.807) is 36.4 Å². The SMILES string of the molecule is O=C(CNC(=O)c1c[nH]c2ccccc2c1=O)NCCc1cccc(F)c1. The van der Waals surface area contributed by atoms with Crippen molar-refractivity contribution >= 4 is 22.7 Å². The molecule has 27 heavy (non-hydrogen) atoms. The first-order valence-corrected chi connectivity index (χ1v) is 8.44. The van der Waals surface area contributed by atoms with E-state index in [0.29, 0.717) is 23.9 Å². The van der Waals surface area contributed by atoms with Gasteiger partial charge in [-0.2, -0.15) is 0 Å². The molecular formula is C20H18FN3O3. The first kappa shape index (κ1) is 18.3. The number of nitrogens with one attached hydrogen (secondary N) is 3. The highest BCUT2D eigenvalue weighted by Gasteiger charge is 2.13. The monoisotopic (exact) mass is 367 g/mol. The smallest absolute Gasteiger partial charge is 0.257 e. The Balaban J connectivity index is 1.52. The Hall–Kier alpha value is -3.48. The number of H-pyrrole nitrogens is 1. The van der Waals surface area contributed by atoms with Crippen LogP contribution < -0.4 is 16.1 Å². The molecule has 2 aromatic carbocycles. The van der Waals surface area contributed by atoms with Crippen LogP contribution in [-0.2, 0) is 11.2 Å². The zero-order valence-electron chi connectivity index (χ0n) is 14.4. The molecule has 3 N–H and O–H groups in total. The Kier molecular flexibility index (Phi) is 5.61. The summed E-state index contributed by atoms with van der Waals surface area (Å²) in [4.78, 5) is 39.3. The minimum atomic E-state index is -0.623. The molecule has 6 nitrogen and oxygen atoms in total. The van der Waals surface area contributed by atoms with Gasteiger partial charge in [0.15, 0.2) is 0 Å². The number of pyridine rings is 1. The van der Waals surface area contributed by atoms with Gasteiger partial charge in [-0.25, -0.2) is 4.39 Å². The first-order valence-electron chi connectivity index (χ1n) is 8.44. The fourth-order valence-electron chi connectivity index (χ4n) is 2.69. The highest BCUT2D eigenvalue weighted by Crippen LogP contribution is 2.07. The number of hydrogen-bond acceptors (Lipinski definition) is 3. The van der Waals surface area contributed by atoms with E-state index in [4.69, 9.17) is 0 Å². The highest BCUT2D eigenvalue weighted by molar-refractivity contribution is 5.98. The molecule has 0 aliphatic rings. The molecule has 1 heterocycles. The summed E-state index contributed by atoms with van der Waals surface area (Å²) >= 11 is 0. The summed E-state index contributed by atoms with van der Waals surface area (Å²) in [7, 11) is 0. The molecule has 0 fully saturated rings. The van der Waals surface area contributed by atoms with Crippen molar-refractivity contribution in [2.24, 2.45) is 0 Å². The lowest BCUT2D eigenvalue weighted by atomic mass is 10.1. The normalized spacial score (nSPS) is 10.6. The maximum atomic E-state index is 13.1. The summed E-state index contributed by atoms with van der Waals surface area (Å²) in [5, 5.41) is 5.48. The molecule has 0 spiro atoms. The van der Waals surface area contributed by atoms with E-state index in [0.717, 1.165) is 5.56 Å². The number of carbonyl (C=O) groups excluding carboxylic acids is 2. The van der Waals surface area contributed by atoms with E-state index in [1.165, 1.54) is 18.3 Å². The van der Waals surface area contributed by atoms with E-state index in [9.17, 15) is 18.8 Å². The molecule has 0 aliphatic heterocycles. The first-order chi connectivity index (χ1) is 13.0. The zero-order chi connectivity index (χ0) is 19.2. The van der Waals surface area contributed by atoms with Crippen molar-refractivity contribution < 1.29 is 14.0 Å². The second-order valence-corrected chi connectivity index (χ2v) is 5.99. The number of aromatic amines is 1. The molecule has 3 aromatic rings. The molecule has 0 bridgehead atoms. The number of carbonyl (C=O) groups is 2. The molecule has 0 atom stereocenters. The Morgan fingerprint density at radius 2 is 1.85 bits per heavy atom. The van der Waals surface area contributed by atoms with Crippen molar-refractivity contribution in [3.05, 3.63) is 81.9 Å². The maximum Gasteiger partial charge on any atom is 0.257 e. The highest BCUT2D eigenvalue weighted by atomic mass is 19.1. The van der Waals surface area contributed by atoms with Gasteiger partial charge in [0.25, 0.3) is 5.91 Å². The second kappa shape index (κ2) is 8.27. The topological polar surface area (TPSA) is 91.1 Å². The van der Waals surface area contributed by atoms with Gasteiger partial charge < -0.3 is 15.6 Å². The number of fused-ring (bicyclic) bond motifs is 1. The molecule has 138 valence electrons. The Morgan fingerprint density at radius 3 is 2.67 bits per heavy atom. The van der Waals surface area contributed by atoms with Gasteiger partial charge in [0.2, 0.25) is 11.3 Å². The summed E-state index contributed by atoms with van der Waals surface area (Å²) in [6.45, 7) is 0.0585. The van der Waals surface area contributed by atoms with Crippen LogP contribution in [0.4, 0.5) is 4.39 Å². The van der Waals surface area contributed by atoms with Gasteiger partial charge in [0.05, 0.1) is 6.54 Å². The van der Waals surface area contributed by atoms with Gasteiger partial charge in [0.1, 0.15) is 11.4 Å². The fourth-order valence-corrected chi connectivity index (χ4v) is 2.69. The van der Waals surface area contributed by atoms with Crippen LogP contribution in [0.15, 0.2) is 59.5 Å². The Bertz CT molecular complexity index is 1050. The molecule has 3 rings (SSSR count). The van der Waals surface area contributed by atoms with Crippen LogP contribution in [0.3, 0.4) is 0 Å². The van der Waals surface area contributed by atoms with E-state index in [1.807, 2.05) is 0 Å². The Morgan fingerprint density at radius 1 is 1.04 bits per heavy atom. The molecule has 0 radical (unpaired) electrons. The summed E-state index contributed by atoms with van der Waals surface area (Å²) in [6.07, 6.45) is 1.81. The quantitative estimate of drug-likeness (QED) is 0.620. The standard InChI is InChI=1S/C20H18FN3O3/c21-14-5-3-4-13(10-14)8-9-22-18(25)12-24-20(27)16-11-23-17-7-2-1-6-15(17)19(16)26/h1-7,10-11H,8-9,12H2,(H,22,25)(H,23,26)(H,24,27). The average Bonchev–Trinajstić information content (AvgIpc) is 2.67. The third-order valence-corrected chi connectivity index (χ3v) is 4.07. The minimum Gasteiger partial charge on any atom is -0.360 e. The van der Waals surface area contributed by atoms with Crippen molar-refractivity contribution in [1.82, 2.24) is 15.6 Å². The average molecular weight is 367 g/mol. The summed E-state index contributed by atoms with van der Waals surface area (Å²) in [5.74, 6) is -1.34. The van der Waals surface area contributed by atoms with Crippen molar-refractivity contribution in [3.63, 3.8) is 0 Å². The fraction of sp³-hybridized carbons (Fsp3) is 0.150. The number of rotatable bonds is 6. The number of para-hydroxylation sites is 1. The third-order valence-electron chi connectivity index (χ3n) is 4.07. The van der Waals surface area contributed by atoms with Crippen LogP contribution >= 0.6 is 0 Å². The van der Waals surface area contributed by atoms with Gasteiger partial charge in [-0.1, -0.05) is 24.3 Å². The van der Waals surface area contributed by atoms with Gasteiger partial charge in [0, 0.05) is 23.6 Å². The molecular weight excluding hydrogens is 349 g/mol.